The topological polar surface area (TPSA) is 107 Å². The lowest BCUT2D eigenvalue weighted by molar-refractivity contribution is -0.132. The molecule has 0 unspecified atom stereocenters. The second-order valence-corrected chi connectivity index (χ2v) is 15.4. The largest absolute Gasteiger partial charge is 0.493 e. The number of piperazine rings is 1. The monoisotopic (exact) mass is 741 g/mol. The molecule has 54 heavy (non-hydrogen) atoms. The number of hydrogen-bond donors (Lipinski definition) is 1. The molecule has 2 heterocycles. The van der Waals surface area contributed by atoms with Gasteiger partial charge in [0.25, 0.3) is 15.9 Å². The van der Waals surface area contributed by atoms with Gasteiger partial charge in [0.2, 0.25) is 0 Å². The highest BCUT2D eigenvalue weighted by atomic mass is 32.2. The summed E-state index contributed by atoms with van der Waals surface area (Å²) in [6, 6.07) is 39.8. The van der Waals surface area contributed by atoms with E-state index in [0.29, 0.717) is 67.2 Å². The maximum Gasteiger partial charge on any atom is 0.331 e. The van der Waals surface area contributed by atoms with Crippen LogP contribution in [0, 0.1) is 0 Å². The van der Waals surface area contributed by atoms with Crippen molar-refractivity contribution < 1.29 is 27.9 Å². The molecule has 0 spiro atoms. The lowest BCUT2D eigenvalue weighted by Gasteiger charge is -2.38. The molecule has 0 bridgehead atoms. The van der Waals surface area contributed by atoms with Crippen molar-refractivity contribution in [3.8, 4) is 5.75 Å². The molecule has 2 aliphatic heterocycles. The van der Waals surface area contributed by atoms with Gasteiger partial charge in [-0.25, -0.2) is 13.2 Å². The summed E-state index contributed by atoms with van der Waals surface area (Å²) in [4.78, 5) is 30.0. The zero-order chi connectivity index (χ0) is 37.7. The number of benzene rings is 5. The maximum absolute atomic E-state index is 14.8. The number of rotatable bonds is 11. The maximum atomic E-state index is 14.8. The van der Waals surface area contributed by atoms with Crippen LogP contribution in [0.25, 0.3) is 5.57 Å². The van der Waals surface area contributed by atoms with Gasteiger partial charge in [-0.3, -0.25) is 9.10 Å². The van der Waals surface area contributed by atoms with Crippen LogP contribution in [0.4, 0.5) is 11.4 Å². The van der Waals surface area contributed by atoms with Crippen LogP contribution in [0.15, 0.2) is 138 Å². The van der Waals surface area contributed by atoms with Gasteiger partial charge in [-0.1, -0.05) is 91.0 Å². The van der Waals surface area contributed by atoms with Gasteiger partial charge >= 0.3 is 5.97 Å². The highest BCUT2D eigenvalue weighted by Crippen LogP contribution is 2.38. The molecule has 1 saturated heterocycles. The van der Waals surface area contributed by atoms with Crippen LogP contribution in [0.3, 0.4) is 0 Å². The average Bonchev–Trinajstić information content (AvgIpc) is 3.37. The molecule has 1 amide bonds. The first-order valence-electron chi connectivity index (χ1n) is 18.2. The van der Waals surface area contributed by atoms with E-state index < -0.39 is 16.0 Å². The van der Waals surface area contributed by atoms with E-state index in [-0.39, 0.29) is 35.9 Å². The lowest BCUT2D eigenvalue weighted by atomic mass is 9.99. The minimum atomic E-state index is -4.17. The molecule has 5 aromatic rings. The molecule has 1 N–H and O–H groups in total. The van der Waals surface area contributed by atoms with Crippen molar-refractivity contribution in [2.45, 2.75) is 31.1 Å². The highest BCUT2D eigenvalue weighted by Gasteiger charge is 2.32. The summed E-state index contributed by atoms with van der Waals surface area (Å²) in [5.74, 6) is -0.605. The van der Waals surface area contributed by atoms with E-state index in [1.807, 2.05) is 102 Å². The molecule has 9 nitrogen and oxygen atoms in total. The normalized spacial score (nSPS) is 14.5. The van der Waals surface area contributed by atoms with Gasteiger partial charge in [0.05, 0.1) is 22.9 Å². The van der Waals surface area contributed by atoms with Gasteiger partial charge in [0.15, 0.2) is 0 Å². The van der Waals surface area contributed by atoms with E-state index in [1.54, 1.807) is 13.0 Å². The Morgan fingerprint density at radius 1 is 0.778 bits per heavy atom. The van der Waals surface area contributed by atoms with Crippen LogP contribution in [0.5, 0.6) is 5.75 Å². The van der Waals surface area contributed by atoms with Gasteiger partial charge in [-0.15, -0.1) is 0 Å². The standard InChI is InChI=1S/C44H43N3O6S/c1-32-37(44(49)50)23-29-53-42-21-20-36(31-39(32)42)54(51,52)47(24-22-33-12-4-2-5-13-33)41-19-11-10-18-40(41)45-25-27-46(28-26-45)43(48)38-17-9-8-16-35(38)30-34-14-6-3-7-15-34/h2-21,31H,22-30H2,1H3,(H,49,50). The van der Waals surface area contributed by atoms with Gasteiger partial charge in [0, 0.05) is 55.8 Å². The minimum absolute atomic E-state index is 0.0101. The molecule has 0 aromatic heterocycles. The number of hydrogen-bond acceptors (Lipinski definition) is 6. The SMILES string of the molecule is CC1=C(C(=O)O)CCOc2ccc(S(=O)(=O)N(CCc3ccccc3)c3ccccc3N3CCN(C(=O)c4ccccc4Cc4ccccc4)CC3)cc21. The Bertz CT molecular complexity index is 2280. The highest BCUT2D eigenvalue weighted by molar-refractivity contribution is 7.92. The van der Waals surface area contributed by atoms with Crippen molar-refractivity contribution in [2.24, 2.45) is 0 Å². The first kappa shape index (κ1) is 36.5. The summed E-state index contributed by atoms with van der Waals surface area (Å²) in [6.07, 6.45) is 1.35. The summed E-state index contributed by atoms with van der Waals surface area (Å²) < 4.78 is 37.0. The fraction of sp³-hybridized carbons (Fsp3) is 0.227. The Hall–Kier alpha value is -5.87. The fourth-order valence-corrected chi connectivity index (χ4v) is 8.81. The van der Waals surface area contributed by atoms with Crippen LogP contribution in [-0.4, -0.2) is 69.6 Å². The van der Waals surface area contributed by atoms with Crippen LogP contribution < -0.4 is 13.9 Å². The smallest absolute Gasteiger partial charge is 0.331 e. The number of carbonyl (C=O) groups is 2. The second kappa shape index (κ2) is 16.0. The van der Waals surface area contributed by atoms with Gasteiger partial charge in [-0.2, -0.15) is 0 Å². The van der Waals surface area contributed by atoms with Crippen LogP contribution in [-0.2, 0) is 27.7 Å². The Morgan fingerprint density at radius 3 is 2.15 bits per heavy atom. The molecule has 1 fully saturated rings. The second-order valence-electron chi connectivity index (χ2n) is 13.6. The summed E-state index contributed by atoms with van der Waals surface area (Å²) in [7, 11) is -4.17. The molecule has 10 heteroatoms. The van der Waals surface area contributed by atoms with E-state index >= 15 is 0 Å². The minimum Gasteiger partial charge on any atom is -0.493 e. The molecule has 0 aliphatic carbocycles. The number of amides is 1. The predicted molar refractivity (Wildman–Crippen MR) is 212 cm³/mol. The number of carbonyl (C=O) groups excluding carboxylic acids is 1. The summed E-state index contributed by atoms with van der Waals surface area (Å²) in [5, 5.41) is 9.86. The Labute approximate surface area is 316 Å². The van der Waals surface area contributed by atoms with Crippen LogP contribution >= 0.6 is 0 Å². The number of para-hydroxylation sites is 2. The zero-order valence-electron chi connectivity index (χ0n) is 30.2. The summed E-state index contributed by atoms with van der Waals surface area (Å²) in [5.41, 5.74) is 6.24. The van der Waals surface area contributed by atoms with E-state index in [2.05, 4.69) is 17.0 Å². The van der Waals surface area contributed by atoms with Gasteiger partial charge in [0.1, 0.15) is 5.75 Å². The molecule has 5 aromatic carbocycles. The number of ether oxygens (including phenoxy) is 1. The van der Waals surface area contributed by atoms with E-state index in [9.17, 15) is 23.1 Å². The number of fused-ring (bicyclic) bond motifs is 1. The van der Waals surface area contributed by atoms with Gasteiger partial charge < -0.3 is 19.6 Å². The summed E-state index contributed by atoms with van der Waals surface area (Å²) >= 11 is 0. The Morgan fingerprint density at radius 2 is 1.43 bits per heavy atom. The van der Waals surface area contributed by atoms with Crippen molar-refractivity contribution in [3.63, 3.8) is 0 Å². The Balaban J connectivity index is 1.18. The molecule has 2 aliphatic rings. The number of sulfonamides is 1. The number of anilines is 2. The first-order chi connectivity index (χ1) is 26.2. The third-order valence-electron chi connectivity index (χ3n) is 10.3. The quantitative estimate of drug-likeness (QED) is 0.151. The van der Waals surface area contributed by atoms with Crippen molar-refractivity contribution in [1.29, 1.82) is 0 Å². The number of aliphatic carboxylic acids is 1. The molecule has 0 atom stereocenters. The molecular weight excluding hydrogens is 699 g/mol. The third kappa shape index (κ3) is 7.75. The van der Waals surface area contributed by atoms with E-state index in [1.165, 1.54) is 16.4 Å². The molecular formula is C44H43N3O6S. The number of allylic oxidation sites excluding steroid dienone is 1. The average molecular weight is 742 g/mol. The van der Waals surface area contributed by atoms with Gasteiger partial charge in [-0.05, 0) is 78.4 Å². The van der Waals surface area contributed by atoms with Crippen molar-refractivity contribution in [3.05, 3.63) is 161 Å². The van der Waals surface area contributed by atoms with E-state index in [4.69, 9.17) is 4.74 Å². The van der Waals surface area contributed by atoms with Crippen molar-refractivity contribution in [1.82, 2.24) is 4.90 Å². The summed E-state index contributed by atoms with van der Waals surface area (Å²) in [6.45, 7) is 4.05. The number of carboxylic acid groups (broad SMARTS) is 1. The predicted octanol–water partition coefficient (Wildman–Crippen LogP) is 7.32. The molecule has 276 valence electrons. The first-order valence-corrected chi connectivity index (χ1v) is 19.7. The van der Waals surface area contributed by atoms with Crippen LogP contribution in [0.2, 0.25) is 0 Å². The van der Waals surface area contributed by atoms with Crippen molar-refractivity contribution in [2.75, 3.05) is 48.5 Å². The molecule has 7 rings (SSSR count). The fourth-order valence-electron chi connectivity index (χ4n) is 7.30. The third-order valence-corrected chi connectivity index (χ3v) is 12.1. The van der Waals surface area contributed by atoms with Crippen LogP contribution in [0.1, 0.15) is 46.0 Å². The Kier molecular flexibility index (Phi) is 10.8. The van der Waals surface area contributed by atoms with Crippen molar-refractivity contribution >= 4 is 38.8 Å². The molecule has 0 radical (unpaired) electrons. The number of nitrogens with zero attached hydrogens (tertiary/aromatic N) is 3. The number of carboxylic acids is 1. The lowest BCUT2D eigenvalue weighted by Crippen LogP contribution is -2.49. The van der Waals surface area contributed by atoms with E-state index in [0.717, 1.165) is 22.4 Å². The molecule has 0 saturated carbocycles. The zero-order valence-corrected chi connectivity index (χ0v) is 31.0.